The number of aromatic nitrogens is 3. The zero-order valence-corrected chi connectivity index (χ0v) is 24.5. The van der Waals surface area contributed by atoms with Crippen molar-refractivity contribution in [3.63, 3.8) is 0 Å². The van der Waals surface area contributed by atoms with Gasteiger partial charge in [-0.15, -0.1) is 21.5 Å². The largest absolute Gasteiger partial charge is 0.345 e. The second-order valence-corrected chi connectivity index (χ2v) is 11.6. The number of amides is 2. The maximum absolute atomic E-state index is 13.7. The summed E-state index contributed by atoms with van der Waals surface area (Å²) in [6.07, 6.45) is 0.476. The van der Waals surface area contributed by atoms with Crippen LogP contribution in [0.5, 0.6) is 0 Å². The fraction of sp³-hybridized carbons (Fsp3) is 0.129. The topological polar surface area (TPSA) is 92.5 Å². The molecule has 3 heterocycles. The van der Waals surface area contributed by atoms with E-state index in [0.29, 0.717) is 23.1 Å². The third-order valence-corrected chi connectivity index (χ3v) is 8.66. The number of hydrogen-bond acceptors (Lipinski definition) is 7. The van der Waals surface area contributed by atoms with Crippen molar-refractivity contribution in [3.8, 4) is 5.69 Å². The summed E-state index contributed by atoms with van der Waals surface area (Å²) in [5.41, 5.74) is 2.18. The van der Waals surface area contributed by atoms with E-state index in [9.17, 15) is 22.8 Å². The minimum Gasteiger partial charge on any atom is -0.345 e. The Balaban J connectivity index is 1.23. The lowest BCUT2D eigenvalue weighted by Crippen LogP contribution is -2.28. The Morgan fingerprint density at radius 1 is 0.909 bits per heavy atom. The molecule has 1 atom stereocenters. The molecule has 13 heteroatoms. The van der Waals surface area contributed by atoms with Crippen LogP contribution in [0.3, 0.4) is 0 Å². The van der Waals surface area contributed by atoms with Crippen LogP contribution >= 0.6 is 23.1 Å². The van der Waals surface area contributed by atoms with Crippen molar-refractivity contribution >= 4 is 40.6 Å². The third-order valence-electron chi connectivity index (χ3n) is 6.83. The lowest BCUT2D eigenvalue weighted by Gasteiger charge is -2.22. The summed E-state index contributed by atoms with van der Waals surface area (Å²) in [5.74, 6) is -1.90. The van der Waals surface area contributed by atoms with Gasteiger partial charge in [-0.3, -0.25) is 14.2 Å². The van der Waals surface area contributed by atoms with E-state index in [-0.39, 0.29) is 29.6 Å². The maximum atomic E-state index is 13.7. The van der Waals surface area contributed by atoms with Crippen LogP contribution in [0.1, 0.15) is 39.1 Å². The van der Waals surface area contributed by atoms with Crippen LogP contribution in [0.4, 0.5) is 13.2 Å². The molecule has 0 aliphatic carbocycles. The van der Waals surface area contributed by atoms with Gasteiger partial charge < -0.3 is 5.32 Å². The molecular weight excluding hydrogens is 610 g/mol. The molecule has 3 aromatic carbocycles. The molecule has 2 aromatic heterocycles. The minimum atomic E-state index is -0.540. The number of hydrazone groups is 1. The normalized spacial score (nSPS) is 14.5. The Bertz CT molecular complexity index is 1830. The SMILES string of the molecule is O=C(NCc1nnc(SCC(=O)N2N=C(c3cccs3)C[C@@H]2c2ccc(F)cc2)n1-c1ccc(F)cc1)c1cccc(F)c1. The molecule has 2 amide bonds. The van der Waals surface area contributed by atoms with Gasteiger partial charge >= 0.3 is 0 Å². The molecular formula is C31H23F3N6O2S2. The van der Waals surface area contributed by atoms with E-state index >= 15 is 0 Å². The first-order valence-corrected chi connectivity index (χ1v) is 15.3. The Kier molecular flexibility index (Phi) is 8.57. The molecule has 0 unspecified atom stereocenters. The van der Waals surface area contributed by atoms with Crippen LogP contribution in [-0.2, 0) is 11.3 Å². The quantitative estimate of drug-likeness (QED) is 0.197. The molecule has 0 fully saturated rings. The van der Waals surface area contributed by atoms with E-state index < -0.39 is 23.6 Å². The van der Waals surface area contributed by atoms with E-state index in [1.807, 2.05) is 17.5 Å². The van der Waals surface area contributed by atoms with E-state index in [1.165, 1.54) is 70.9 Å². The van der Waals surface area contributed by atoms with Gasteiger partial charge in [0.2, 0.25) is 0 Å². The zero-order valence-electron chi connectivity index (χ0n) is 22.9. The lowest BCUT2D eigenvalue weighted by molar-refractivity contribution is -0.130. The van der Waals surface area contributed by atoms with Crippen molar-refractivity contribution in [1.82, 2.24) is 25.1 Å². The number of nitrogens with zero attached hydrogens (tertiary/aromatic N) is 5. The van der Waals surface area contributed by atoms with Gasteiger partial charge in [-0.25, -0.2) is 18.2 Å². The Labute approximate surface area is 258 Å². The summed E-state index contributed by atoms with van der Waals surface area (Å²) < 4.78 is 42.6. The molecule has 0 saturated carbocycles. The molecule has 5 aromatic rings. The minimum absolute atomic E-state index is 0.0616. The maximum Gasteiger partial charge on any atom is 0.253 e. The van der Waals surface area contributed by atoms with Gasteiger partial charge in [0.1, 0.15) is 17.5 Å². The van der Waals surface area contributed by atoms with Gasteiger partial charge in [-0.05, 0) is 71.6 Å². The number of rotatable bonds is 9. The number of nitrogens with one attached hydrogen (secondary N) is 1. The monoisotopic (exact) mass is 632 g/mol. The predicted molar refractivity (Wildman–Crippen MR) is 161 cm³/mol. The highest BCUT2D eigenvalue weighted by atomic mass is 32.2. The number of thioether (sulfide) groups is 1. The molecule has 1 aliphatic heterocycles. The fourth-order valence-electron chi connectivity index (χ4n) is 4.72. The molecule has 44 heavy (non-hydrogen) atoms. The first kappa shape index (κ1) is 29.3. The van der Waals surface area contributed by atoms with E-state index in [4.69, 9.17) is 0 Å². The summed E-state index contributed by atoms with van der Waals surface area (Å²) >= 11 is 2.63. The highest BCUT2D eigenvalue weighted by molar-refractivity contribution is 7.99. The zero-order chi connectivity index (χ0) is 30.6. The summed E-state index contributed by atoms with van der Waals surface area (Å²) in [7, 11) is 0. The Morgan fingerprint density at radius 2 is 1.66 bits per heavy atom. The highest BCUT2D eigenvalue weighted by Gasteiger charge is 2.33. The molecule has 0 saturated heterocycles. The highest BCUT2D eigenvalue weighted by Crippen LogP contribution is 2.35. The van der Waals surface area contributed by atoms with Gasteiger partial charge in [0.15, 0.2) is 11.0 Å². The van der Waals surface area contributed by atoms with Crippen LogP contribution < -0.4 is 5.32 Å². The van der Waals surface area contributed by atoms with Gasteiger partial charge in [0, 0.05) is 17.7 Å². The average molecular weight is 633 g/mol. The number of halogens is 3. The molecule has 0 bridgehead atoms. The summed E-state index contributed by atoms with van der Waals surface area (Å²) in [4.78, 5) is 27.2. The molecule has 1 N–H and O–H groups in total. The van der Waals surface area contributed by atoms with Crippen molar-refractivity contribution in [2.45, 2.75) is 24.2 Å². The number of hydrogen-bond donors (Lipinski definition) is 1. The van der Waals surface area contributed by atoms with Crippen molar-refractivity contribution in [2.75, 3.05) is 5.75 Å². The molecule has 0 radical (unpaired) electrons. The standard InChI is InChI=1S/C31H23F3N6O2S2/c32-21-8-6-19(7-9-21)26-16-25(27-5-2-14-43-27)38-40(26)29(41)18-44-31-37-36-28(39(31)24-12-10-22(33)11-13-24)17-35-30(42)20-3-1-4-23(34)15-20/h1-15,26H,16-18H2,(H,35,42)/t26-/m1/s1. The first-order chi connectivity index (χ1) is 21.4. The third kappa shape index (κ3) is 6.43. The van der Waals surface area contributed by atoms with Crippen molar-refractivity contribution in [1.29, 1.82) is 0 Å². The second-order valence-electron chi connectivity index (χ2n) is 9.73. The van der Waals surface area contributed by atoms with E-state index in [1.54, 1.807) is 16.7 Å². The molecule has 8 nitrogen and oxygen atoms in total. The Hall–Kier alpha value is -4.75. The van der Waals surface area contributed by atoms with Crippen molar-refractivity contribution < 1.29 is 22.8 Å². The van der Waals surface area contributed by atoms with E-state index in [0.717, 1.165) is 34.0 Å². The number of carbonyl (C=O) groups is 2. The van der Waals surface area contributed by atoms with E-state index in [2.05, 4.69) is 20.6 Å². The van der Waals surface area contributed by atoms with Gasteiger partial charge in [0.05, 0.1) is 28.9 Å². The van der Waals surface area contributed by atoms with Crippen LogP contribution in [0, 0.1) is 17.5 Å². The molecule has 0 spiro atoms. The molecule has 6 rings (SSSR count). The number of thiophene rings is 1. The lowest BCUT2D eigenvalue weighted by atomic mass is 10.0. The van der Waals surface area contributed by atoms with Crippen LogP contribution in [0.25, 0.3) is 5.69 Å². The summed E-state index contributed by atoms with van der Waals surface area (Å²) in [5, 5.41) is 19.5. The van der Waals surface area contributed by atoms with Gasteiger partial charge in [0.25, 0.3) is 11.8 Å². The van der Waals surface area contributed by atoms with Crippen LogP contribution in [0.15, 0.2) is 101 Å². The van der Waals surface area contributed by atoms with Crippen LogP contribution in [0.2, 0.25) is 0 Å². The Morgan fingerprint density at radius 3 is 2.36 bits per heavy atom. The average Bonchev–Trinajstić information content (AvgIpc) is 3.80. The second kappa shape index (κ2) is 12.9. The van der Waals surface area contributed by atoms with Gasteiger partial charge in [-0.2, -0.15) is 5.10 Å². The molecule has 1 aliphatic rings. The summed E-state index contributed by atoms with van der Waals surface area (Å²) in [6.45, 7) is -0.0680. The van der Waals surface area contributed by atoms with Crippen molar-refractivity contribution in [3.05, 3.63) is 130 Å². The van der Waals surface area contributed by atoms with Gasteiger partial charge in [-0.1, -0.05) is 36.0 Å². The summed E-state index contributed by atoms with van der Waals surface area (Å²) in [6, 6.07) is 20.4. The predicted octanol–water partition coefficient (Wildman–Crippen LogP) is 6.15. The molecule has 222 valence electrons. The number of benzene rings is 3. The fourth-order valence-corrected chi connectivity index (χ4v) is 6.26. The van der Waals surface area contributed by atoms with Crippen LogP contribution in [-0.4, -0.2) is 43.1 Å². The number of carbonyl (C=O) groups excluding carboxylic acids is 2. The van der Waals surface area contributed by atoms with Crippen molar-refractivity contribution in [2.24, 2.45) is 5.10 Å². The first-order valence-electron chi connectivity index (χ1n) is 13.4. The smallest absolute Gasteiger partial charge is 0.253 e.